The smallest absolute Gasteiger partial charge is 0.334 e. The van der Waals surface area contributed by atoms with Crippen molar-refractivity contribution in [3.8, 4) is 11.5 Å². The fourth-order valence-electron chi connectivity index (χ4n) is 4.35. The van der Waals surface area contributed by atoms with Gasteiger partial charge in [0.15, 0.2) is 11.5 Å². The van der Waals surface area contributed by atoms with Crippen molar-refractivity contribution in [3.05, 3.63) is 42.7 Å². The van der Waals surface area contributed by atoms with Crippen LogP contribution in [0.25, 0.3) is 11.5 Å². The summed E-state index contributed by atoms with van der Waals surface area (Å²) in [4.78, 5) is 24.6. The van der Waals surface area contributed by atoms with Crippen molar-refractivity contribution in [1.82, 2.24) is 34.2 Å². The van der Waals surface area contributed by atoms with Crippen molar-refractivity contribution in [1.29, 1.82) is 0 Å². The second-order valence-corrected chi connectivity index (χ2v) is 8.65. The molecule has 3 aromatic heterocycles. The standard InChI is InChI=1S/C21H23F3N8O/c1-13(2)32-12-26-28-19(32)16-4-3-5-18(27-16)31-7-6-30(20(31)33)15-8-14(9-15)29-10-17(25-11-29)21(22,23)24/h3-5,10-15H,6-9H2,1-2H3. The molecule has 0 spiro atoms. The molecule has 0 atom stereocenters. The fourth-order valence-corrected chi connectivity index (χ4v) is 4.35. The highest BCUT2D eigenvalue weighted by Gasteiger charge is 2.43. The third-order valence-electron chi connectivity index (χ3n) is 6.25. The van der Waals surface area contributed by atoms with Gasteiger partial charge in [0.25, 0.3) is 0 Å². The number of hydrogen-bond donors (Lipinski definition) is 0. The molecule has 1 saturated carbocycles. The number of halogens is 3. The average molecular weight is 460 g/mol. The molecule has 9 nitrogen and oxygen atoms in total. The molecule has 2 aliphatic rings. The highest BCUT2D eigenvalue weighted by molar-refractivity contribution is 5.93. The summed E-state index contributed by atoms with van der Waals surface area (Å²) < 4.78 is 41.8. The van der Waals surface area contributed by atoms with Gasteiger partial charge in [0.05, 0.1) is 6.33 Å². The zero-order chi connectivity index (χ0) is 23.3. The number of carbonyl (C=O) groups excluding carboxylic acids is 1. The van der Waals surface area contributed by atoms with Gasteiger partial charge in [0.1, 0.15) is 17.8 Å². The van der Waals surface area contributed by atoms with Crippen LogP contribution in [0.15, 0.2) is 37.1 Å². The molecule has 1 saturated heterocycles. The van der Waals surface area contributed by atoms with Crippen LogP contribution in [0.3, 0.4) is 0 Å². The maximum atomic E-state index is 13.1. The Bertz CT molecular complexity index is 1160. The Morgan fingerprint density at radius 1 is 1.09 bits per heavy atom. The minimum Gasteiger partial charge on any atom is -0.334 e. The first-order chi connectivity index (χ1) is 15.7. The summed E-state index contributed by atoms with van der Waals surface area (Å²) in [7, 11) is 0. The summed E-state index contributed by atoms with van der Waals surface area (Å²) in [5.74, 6) is 1.18. The first-order valence-electron chi connectivity index (χ1n) is 10.8. The Hall–Kier alpha value is -3.44. The van der Waals surface area contributed by atoms with Crippen LogP contribution in [0, 0.1) is 0 Å². The topological polar surface area (TPSA) is 85.0 Å². The van der Waals surface area contributed by atoms with Crippen molar-refractivity contribution in [3.63, 3.8) is 0 Å². The quantitative estimate of drug-likeness (QED) is 0.579. The third kappa shape index (κ3) is 3.83. The fraction of sp³-hybridized carbons (Fsp3) is 0.476. The van der Waals surface area contributed by atoms with Gasteiger partial charge in [-0.2, -0.15) is 13.2 Å². The van der Waals surface area contributed by atoms with Crippen molar-refractivity contribution in [2.24, 2.45) is 0 Å². The van der Waals surface area contributed by atoms with E-state index in [1.165, 1.54) is 10.9 Å². The second kappa shape index (κ2) is 7.85. The lowest BCUT2D eigenvalue weighted by molar-refractivity contribution is -0.141. The SMILES string of the molecule is CC(C)n1cnnc1-c1cccc(N2CCN(C3CC(n4cnc(C(F)(F)F)c4)C3)C2=O)n1. The van der Waals surface area contributed by atoms with E-state index in [9.17, 15) is 18.0 Å². The number of urea groups is 1. The number of anilines is 1. The highest BCUT2D eigenvalue weighted by Crippen LogP contribution is 2.39. The van der Waals surface area contributed by atoms with Gasteiger partial charge in [-0.1, -0.05) is 6.07 Å². The number of alkyl halides is 3. The molecule has 0 unspecified atom stereocenters. The number of hydrogen-bond acceptors (Lipinski definition) is 5. The minimum absolute atomic E-state index is 0.0172. The van der Waals surface area contributed by atoms with E-state index in [1.807, 2.05) is 30.5 Å². The summed E-state index contributed by atoms with van der Waals surface area (Å²) in [6.45, 7) is 5.09. The first-order valence-corrected chi connectivity index (χ1v) is 10.8. The Labute approximate surface area is 187 Å². The molecule has 1 aliphatic heterocycles. The zero-order valence-electron chi connectivity index (χ0n) is 18.1. The van der Waals surface area contributed by atoms with Gasteiger partial charge >= 0.3 is 12.2 Å². The molecule has 33 heavy (non-hydrogen) atoms. The number of carbonyl (C=O) groups is 1. The number of amides is 2. The molecular weight excluding hydrogens is 437 g/mol. The molecule has 0 radical (unpaired) electrons. The van der Waals surface area contributed by atoms with E-state index in [0.29, 0.717) is 43.3 Å². The average Bonchev–Trinajstić information content (AvgIpc) is 3.47. The molecule has 1 aliphatic carbocycles. The second-order valence-electron chi connectivity index (χ2n) is 8.65. The third-order valence-corrected chi connectivity index (χ3v) is 6.25. The van der Waals surface area contributed by atoms with Crippen LogP contribution in [0.1, 0.15) is 44.5 Å². The molecular formula is C21H23F3N8O. The summed E-state index contributed by atoms with van der Waals surface area (Å²) in [5, 5.41) is 8.15. The summed E-state index contributed by atoms with van der Waals surface area (Å²) in [6.07, 6.45) is 0.639. The van der Waals surface area contributed by atoms with Gasteiger partial charge in [-0.05, 0) is 38.8 Å². The predicted octanol–water partition coefficient (Wildman–Crippen LogP) is 3.78. The van der Waals surface area contributed by atoms with Crippen LogP contribution >= 0.6 is 0 Å². The van der Waals surface area contributed by atoms with Crippen LogP contribution in [0.2, 0.25) is 0 Å². The molecule has 3 aromatic rings. The predicted molar refractivity (Wildman–Crippen MR) is 112 cm³/mol. The van der Waals surface area contributed by atoms with Crippen LogP contribution < -0.4 is 4.90 Å². The largest absolute Gasteiger partial charge is 0.434 e. The van der Waals surface area contributed by atoms with Crippen LogP contribution in [0.4, 0.5) is 23.8 Å². The summed E-state index contributed by atoms with van der Waals surface area (Å²) in [5.41, 5.74) is -0.261. The number of pyridine rings is 1. The van der Waals surface area contributed by atoms with E-state index in [2.05, 4.69) is 20.2 Å². The Kier molecular flexibility index (Phi) is 5.09. The number of aromatic nitrogens is 6. The van der Waals surface area contributed by atoms with Crippen LogP contribution in [-0.4, -0.2) is 59.4 Å². The van der Waals surface area contributed by atoms with E-state index < -0.39 is 11.9 Å². The number of nitrogens with zero attached hydrogens (tertiary/aromatic N) is 8. The van der Waals surface area contributed by atoms with E-state index >= 15 is 0 Å². The van der Waals surface area contributed by atoms with Crippen molar-refractivity contribution in [2.75, 3.05) is 18.0 Å². The molecule has 2 fully saturated rings. The van der Waals surface area contributed by atoms with E-state index in [-0.39, 0.29) is 24.2 Å². The molecule has 0 aromatic carbocycles. The maximum Gasteiger partial charge on any atom is 0.434 e. The molecule has 174 valence electrons. The van der Waals surface area contributed by atoms with Crippen molar-refractivity contribution < 1.29 is 18.0 Å². The maximum absolute atomic E-state index is 13.1. The first kappa shape index (κ1) is 21.4. The lowest BCUT2D eigenvalue weighted by atomic mass is 9.85. The normalized spacial score (nSPS) is 21.2. The van der Waals surface area contributed by atoms with Gasteiger partial charge in [0.2, 0.25) is 0 Å². The minimum atomic E-state index is -4.45. The molecule has 4 heterocycles. The van der Waals surface area contributed by atoms with Gasteiger partial charge < -0.3 is 14.0 Å². The van der Waals surface area contributed by atoms with E-state index in [4.69, 9.17) is 0 Å². The highest BCUT2D eigenvalue weighted by atomic mass is 19.4. The lowest BCUT2D eigenvalue weighted by Crippen LogP contribution is -2.47. The molecule has 2 amide bonds. The van der Waals surface area contributed by atoms with Crippen molar-refractivity contribution >= 4 is 11.8 Å². The lowest BCUT2D eigenvalue weighted by Gasteiger charge is -2.41. The molecule has 0 bridgehead atoms. The molecule has 5 rings (SSSR count). The monoisotopic (exact) mass is 460 g/mol. The Morgan fingerprint density at radius 3 is 2.58 bits per heavy atom. The zero-order valence-corrected chi connectivity index (χ0v) is 18.1. The van der Waals surface area contributed by atoms with E-state index in [0.717, 1.165) is 6.20 Å². The van der Waals surface area contributed by atoms with Gasteiger partial charge in [-0.25, -0.2) is 14.8 Å². The number of rotatable bonds is 5. The van der Waals surface area contributed by atoms with E-state index in [1.54, 1.807) is 22.2 Å². The van der Waals surface area contributed by atoms with Gasteiger partial charge in [-0.3, -0.25) is 4.90 Å². The van der Waals surface area contributed by atoms with Crippen LogP contribution in [-0.2, 0) is 6.18 Å². The summed E-state index contributed by atoms with van der Waals surface area (Å²) in [6, 6.07) is 5.37. The van der Waals surface area contributed by atoms with Gasteiger partial charge in [-0.15, -0.1) is 10.2 Å². The number of imidazole rings is 1. The Morgan fingerprint density at radius 2 is 1.88 bits per heavy atom. The van der Waals surface area contributed by atoms with Crippen LogP contribution in [0.5, 0.6) is 0 Å². The summed E-state index contributed by atoms with van der Waals surface area (Å²) >= 11 is 0. The Balaban J connectivity index is 1.26. The molecule has 0 N–H and O–H groups in total. The molecule has 12 heteroatoms. The van der Waals surface area contributed by atoms with Gasteiger partial charge in [0, 0.05) is 37.4 Å². The van der Waals surface area contributed by atoms with Crippen molar-refractivity contribution in [2.45, 2.75) is 51.0 Å².